The van der Waals surface area contributed by atoms with Crippen LogP contribution < -0.4 is 20.6 Å². The summed E-state index contributed by atoms with van der Waals surface area (Å²) < 4.78 is 44.8. The Hall–Kier alpha value is -4.42. The molecule has 0 spiro atoms. The van der Waals surface area contributed by atoms with E-state index in [2.05, 4.69) is 31.7 Å². The van der Waals surface area contributed by atoms with Crippen molar-refractivity contribution in [3.8, 4) is 22.7 Å². The van der Waals surface area contributed by atoms with E-state index in [1.165, 1.54) is 16.7 Å². The van der Waals surface area contributed by atoms with Crippen LogP contribution in [0, 0.1) is 11.6 Å². The van der Waals surface area contributed by atoms with E-state index in [0.29, 0.717) is 67.0 Å². The lowest BCUT2D eigenvalue weighted by atomic mass is 10.1. The van der Waals surface area contributed by atoms with Gasteiger partial charge in [0.1, 0.15) is 35.4 Å². The van der Waals surface area contributed by atoms with E-state index < -0.39 is 17.3 Å². The van der Waals surface area contributed by atoms with Gasteiger partial charge in [-0.25, -0.2) is 23.1 Å². The quantitative estimate of drug-likeness (QED) is 0.254. The molecule has 1 saturated heterocycles. The van der Waals surface area contributed by atoms with Gasteiger partial charge in [0.15, 0.2) is 11.5 Å². The number of ether oxygens (including phenoxy) is 2. The highest BCUT2D eigenvalue weighted by Gasteiger charge is 2.50. The van der Waals surface area contributed by atoms with Crippen molar-refractivity contribution in [1.82, 2.24) is 24.4 Å². The molecule has 2 atom stereocenters. The molecule has 0 unspecified atom stereocenters. The molecular formula is C32H33F2N7O3. The summed E-state index contributed by atoms with van der Waals surface area (Å²) >= 11 is 0. The van der Waals surface area contributed by atoms with Crippen LogP contribution in [0.1, 0.15) is 31.9 Å². The molecule has 2 fully saturated rings. The third kappa shape index (κ3) is 4.78. The fraction of sp³-hybridized carbons (Fsp3) is 0.375. The fourth-order valence-electron chi connectivity index (χ4n) is 6.32. The van der Waals surface area contributed by atoms with Gasteiger partial charge in [0.05, 0.1) is 30.0 Å². The monoisotopic (exact) mass is 601 g/mol. The highest BCUT2D eigenvalue weighted by molar-refractivity contribution is 5.92. The maximum atomic E-state index is 16.2. The zero-order valence-electron chi connectivity index (χ0n) is 24.6. The molecule has 3 aliphatic rings. The number of benzene rings is 1. The summed E-state index contributed by atoms with van der Waals surface area (Å²) in [5.41, 5.74) is 0.696. The molecule has 5 heterocycles. The second kappa shape index (κ2) is 11.3. The van der Waals surface area contributed by atoms with Gasteiger partial charge in [0.25, 0.3) is 0 Å². The van der Waals surface area contributed by atoms with Gasteiger partial charge in [0.2, 0.25) is 0 Å². The number of rotatable bonds is 6. The Kier molecular flexibility index (Phi) is 7.25. The lowest BCUT2D eigenvalue weighted by molar-refractivity contribution is 0.0337. The molecular weight excluding hydrogens is 568 g/mol. The van der Waals surface area contributed by atoms with Crippen molar-refractivity contribution in [2.24, 2.45) is 0 Å². The molecule has 12 heteroatoms. The fourth-order valence-corrected chi connectivity index (χ4v) is 6.32. The Balaban J connectivity index is 1.47. The number of halogens is 2. The predicted molar refractivity (Wildman–Crippen MR) is 164 cm³/mol. The zero-order chi connectivity index (χ0) is 30.5. The highest BCUT2D eigenvalue weighted by Crippen LogP contribution is 2.42. The first kappa shape index (κ1) is 28.4. The molecule has 3 aromatic heterocycles. The molecule has 0 amide bonds. The molecule has 1 N–H and O–H groups in total. The van der Waals surface area contributed by atoms with Crippen LogP contribution in [-0.2, 0) is 4.74 Å². The average Bonchev–Trinajstić information content (AvgIpc) is 3.81. The minimum absolute atomic E-state index is 0.0178. The van der Waals surface area contributed by atoms with E-state index in [0.717, 1.165) is 6.42 Å². The van der Waals surface area contributed by atoms with E-state index >= 15 is 8.78 Å². The van der Waals surface area contributed by atoms with Crippen molar-refractivity contribution in [2.45, 2.75) is 38.3 Å². The number of hydrogen-bond acceptors (Lipinski definition) is 9. The molecule has 4 aromatic rings. The third-order valence-electron chi connectivity index (χ3n) is 8.40. The first-order chi connectivity index (χ1) is 21.4. The number of fused-ring (bicyclic) bond motifs is 6. The lowest BCUT2D eigenvalue weighted by Gasteiger charge is -2.35. The first-order valence-electron chi connectivity index (χ1n) is 14.8. The second-order valence-electron chi connectivity index (χ2n) is 11.5. The van der Waals surface area contributed by atoms with E-state index in [1.54, 1.807) is 30.5 Å². The van der Waals surface area contributed by atoms with Gasteiger partial charge in [-0.05, 0) is 30.5 Å². The van der Waals surface area contributed by atoms with Crippen LogP contribution in [0.2, 0.25) is 0 Å². The van der Waals surface area contributed by atoms with Crippen LogP contribution in [0.3, 0.4) is 0 Å². The van der Waals surface area contributed by atoms with E-state index in [9.17, 15) is 4.79 Å². The standard InChI is InChI=1S/C32H33F2N7O3/c1-4-13-43-17-39-11-12-40(24-16-23(24)39)30-19-15-21(34)28-26-20(33)6-5-7-22(26)35-10-14-44-25-8-9-36-27(18(2)3)29(25)41(31(19)37-28)32(42)38-30/h4-9,15,18,23-24,35H,1,10-14,16-17H2,2-3H3/t23-,24+/m0/s1. The summed E-state index contributed by atoms with van der Waals surface area (Å²) in [7, 11) is 0. The van der Waals surface area contributed by atoms with Gasteiger partial charge in [-0.1, -0.05) is 26.0 Å². The topological polar surface area (TPSA) is 97.6 Å². The molecule has 228 valence electrons. The normalized spacial score (nSPS) is 19.3. The molecule has 7 rings (SSSR count). The van der Waals surface area contributed by atoms with Gasteiger partial charge in [-0.15, -0.1) is 6.58 Å². The van der Waals surface area contributed by atoms with Gasteiger partial charge >= 0.3 is 5.69 Å². The van der Waals surface area contributed by atoms with E-state index in [-0.39, 0.29) is 41.5 Å². The van der Waals surface area contributed by atoms with Crippen molar-refractivity contribution in [1.29, 1.82) is 0 Å². The van der Waals surface area contributed by atoms with Crippen molar-refractivity contribution >= 4 is 22.5 Å². The number of aromatic nitrogens is 4. The Labute approximate surface area is 253 Å². The van der Waals surface area contributed by atoms with E-state index in [1.807, 2.05) is 13.8 Å². The van der Waals surface area contributed by atoms with Crippen LogP contribution in [0.15, 0.2) is 54.0 Å². The first-order valence-corrected chi connectivity index (χ1v) is 14.8. The molecule has 1 saturated carbocycles. The van der Waals surface area contributed by atoms with Gasteiger partial charge < -0.3 is 19.7 Å². The number of hydrogen-bond donors (Lipinski definition) is 1. The van der Waals surface area contributed by atoms with E-state index in [4.69, 9.17) is 14.5 Å². The third-order valence-corrected chi connectivity index (χ3v) is 8.40. The minimum Gasteiger partial charge on any atom is -0.489 e. The van der Waals surface area contributed by atoms with Gasteiger partial charge in [0, 0.05) is 49.7 Å². The summed E-state index contributed by atoms with van der Waals surface area (Å²) in [6, 6.07) is 7.80. The molecule has 0 radical (unpaired) electrons. The van der Waals surface area contributed by atoms with Crippen LogP contribution in [0.25, 0.3) is 28.0 Å². The number of piperazine rings is 1. The summed E-state index contributed by atoms with van der Waals surface area (Å²) in [5, 5.41) is 3.51. The molecule has 44 heavy (non-hydrogen) atoms. The molecule has 1 aliphatic carbocycles. The van der Waals surface area contributed by atoms with Crippen LogP contribution >= 0.6 is 0 Å². The van der Waals surface area contributed by atoms with Crippen LogP contribution in [0.4, 0.5) is 20.3 Å². The smallest absolute Gasteiger partial charge is 0.356 e. The average molecular weight is 602 g/mol. The Morgan fingerprint density at radius 1 is 1.18 bits per heavy atom. The van der Waals surface area contributed by atoms with Gasteiger partial charge in [-0.3, -0.25) is 9.88 Å². The molecule has 1 aromatic carbocycles. The van der Waals surface area contributed by atoms with Crippen LogP contribution in [0.5, 0.6) is 5.75 Å². The Morgan fingerprint density at radius 3 is 2.86 bits per heavy atom. The Bertz CT molecular complexity index is 1830. The minimum atomic E-state index is -0.716. The summed E-state index contributed by atoms with van der Waals surface area (Å²) in [6.07, 6.45) is 4.21. The predicted octanol–water partition coefficient (Wildman–Crippen LogP) is 4.47. The largest absolute Gasteiger partial charge is 0.489 e. The maximum absolute atomic E-state index is 16.2. The number of nitrogens with zero attached hydrogens (tertiary/aromatic N) is 6. The lowest BCUT2D eigenvalue weighted by Crippen LogP contribution is -2.48. The number of anilines is 2. The second-order valence-corrected chi connectivity index (χ2v) is 11.5. The Morgan fingerprint density at radius 2 is 2.05 bits per heavy atom. The number of pyridine rings is 2. The summed E-state index contributed by atoms with van der Waals surface area (Å²) in [4.78, 5) is 32.3. The van der Waals surface area contributed by atoms with Gasteiger partial charge in [-0.2, -0.15) is 4.98 Å². The zero-order valence-corrected chi connectivity index (χ0v) is 24.6. The SMILES string of the molecule is C=CCOCN1CCN(c2nc(=O)n3c4nc(c(F)cc24)-c2c(F)cccc2NCCOc2ccnc(C(C)C)c2-3)[C@@H]2C[C@@H]21. The maximum Gasteiger partial charge on any atom is 0.356 e. The summed E-state index contributed by atoms with van der Waals surface area (Å²) in [6.45, 7) is 10.3. The van der Waals surface area contributed by atoms with Crippen molar-refractivity contribution in [3.63, 3.8) is 0 Å². The summed E-state index contributed by atoms with van der Waals surface area (Å²) in [5.74, 6) is -0.668. The molecule has 10 nitrogen and oxygen atoms in total. The molecule has 2 aliphatic heterocycles. The molecule has 2 bridgehead atoms. The van der Waals surface area contributed by atoms with Crippen molar-refractivity contribution < 1.29 is 18.3 Å². The van der Waals surface area contributed by atoms with Crippen molar-refractivity contribution in [2.75, 3.05) is 49.8 Å². The number of nitrogens with one attached hydrogen (secondary N) is 1. The highest BCUT2D eigenvalue weighted by atomic mass is 19.1. The van der Waals surface area contributed by atoms with Crippen molar-refractivity contribution in [3.05, 3.63) is 77.0 Å². The van der Waals surface area contributed by atoms with Crippen LogP contribution in [-0.4, -0.2) is 76.1 Å².